The second kappa shape index (κ2) is 4.93. The molecular weight excluding hydrogens is 248 g/mol. The lowest BCUT2D eigenvalue weighted by atomic mass is 10.2. The van der Waals surface area contributed by atoms with Gasteiger partial charge < -0.3 is 0 Å². The Kier molecular flexibility index (Phi) is 3.11. The van der Waals surface area contributed by atoms with Gasteiger partial charge in [0.2, 0.25) is 0 Å². The summed E-state index contributed by atoms with van der Waals surface area (Å²) in [4.78, 5) is 11.6. The van der Waals surface area contributed by atoms with E-state index in [4.69, 9.17) is 0 Å². The monoisotopic (exact) mass is 265 g/mol. The number of aromatic nitrogens is 2. The number of para-hydroxylation sites is 2. The van der Waals surface area contributed by atoms with Gasteiger partial charge in [-0.3, -0.25) is 4.79 Å². The van der Waals surface area contributed by atoms with Crippen molar-refractivity contribution >= 4 is 16.8 Å². The van der Waals surface area contributed by atoms with E-state index in [1.807, 2.05) is 37.4 Å². The molecule has 0 saturated heterocycles. The zero-order valence-electron chi connectivity index (χ0n) is 11.7. The Labute approximate surface area is 118 Å². The number of rotatable bonds is 3. The molecule has 1 heterocycles. The van der Waals surface area contributed by atoms with Crippen molar-refractivity contribution in [3.8, 4) is 11.4 Å². The van der Waals surface area contributed by atoms with E-state index in [9.17, 15) is 4.79 Å². The van der Waals surface area contributed by atoms with Crippen LogP contribution in [0.5, 0.6) is 0 Å². The van der Waals surface area contributed by atoms with E-state index >= 15 is 0 Å². The maximum atomic E-state index is 11.6. The highest BCUT2D eigenvalue weighted by Gasteiger charge is 2.24. The lowest BCUT2D eigenvalue weighted by Gasteiger charge is -2.01. The summed E-state index contributed by atoms with van der Waals surface area (Å²) in [6.07, 6.45) is 0. The van der Waals surface area contributed by atoms with Gasteiger partial charge in [-0.25, -0.2) is 9.13 Å². The van der Waals surface area contributed by atoms with Crippen molar-refractivity contribution in [2.75, 3.05) is 0 Å². The van der Waals surface area contributed by atoms with E-state index in [0.29, 0.717) is 6.54 Å². The molecule has 3 heteroatoms. The number of carbonyl (C=O) groups is 1. The van der Waals surface area contributed by atoms with Crippen molar-refractivity contribution in [2.45, 2.75) is 13.5 Å². The summed E-state index contributed by atoms with van der Waals surface area (Å²) in [6.45, 7) is 2.02. The Hall–Kier alpha value is -2.42. The number of Topliss-reactive ketones (excluding diaryl/α,β-unsaturated/α-hetero) is 1. The molecule has 0 fully saturated rings. The lowest BCUT2D eigenvalue weighted by molar-refractivity contribution is -0.634. The Bertz CT molecular complexity index is 772. The van der Waals surface area contributed by atoms with E-state index in [2.05, 4.69) is 33.4 Å². The van der Waals surface area contributed by atoms with Gasteiger partial charge in [0.25, 0.3) is 5.82 Å². The van der Waals surface area contributed by atoms with Crippen LogP contribution in [0, 0.1) is 0 Å². The average molecular weight is 265 g/mol. The Balaban J connectivity index is 2.34. The van der Waals surface area contributed by atoms with Crippen LogP contribution in [-0.4, -0.2) is 10.4 Å². The lowest BCUT2D eigenvalue weighted by Crippen LogP contribution is -2.30. The van der Waals surface area contributed by atoms with Gasteiger partial charge in [0, 0.05) is 0 Å². The third kappa shape index (κ3) is 2.01. The highest BCUT2D eigenvalue weighted by atomic mass is 16.1. The fourth-order valence-electron chi connectivity index (χ4n) is 2.70. The Morgan fingerprint density at radius 1 is 1.05 bits per heavy atom. The maximum absolute atomic E-state index is 11.6. The maximum Gasteiger partial charge on any atom is 0.290 e. The van der Waals surface area contributed by atoms with Crippen LogP contribution in [0.1, 0.15) is 6.92 Å². The predicted octanol–water partition coefficient (Wildman–Crippen LogP) is 2.72. The number of nitrogens with zero attached hydrogens (tertiary/aromatic N) is 2. The van der Waals surface area contributed by atoms with Gasteiger partial charge in [-0.2, -0.15) is 0 Å². The quantitative estimate of drug-likeness (QED) is 0.669. The minimum Gasteiger partial charge on any atom is -0.296 e. The number of hydrogen-bond acceptors (Lipinski definition) is 1. The molecule has 0 amide bonds. The Morgan fingerprint density at radius 3 is 2.40 bits per heavy atom. The standard InChI is InChI=1S/C17H17N2O/c1-13(20)12-19-16-11-7-6-10-15(16)18(2)17(19)14-8-4-3-5-9-14/h3-11H,12H2,1-2H3/q+1. The summed E-state index contributed by atoms with van der Waals surface area (Å²) >= 11 is 0. The number of fused-ring (bicyclic) bond motifs is 1. The second-order valence-electron chi connectivity index (χ2n) is 5.03. The topological polar surface area (TPSA) is 25.9 Å². The molecule has 1 aromatic heterocycles. The molecule has 3 rings (SSSR count). The molecule has 0 aliphatic heterocycles. The first-order chi connectivity index (χ1) is 9.68. The zero-order valence-corrected chi connectivity index (χ0v) is 11.7. The first-order valence-electron chi connectivity index (χ1n) is 6.70. The van der Waals surface area contributed by atoms with Crippen LogP contribution in [0.15, 0.2) is 54.6 Å². The van der Waals surface area contributed by atoms with Crippen molar-refractivity contribution < 1.29 is 9.36 Å². The van der Waals surface area contributed by atoms with Crippen molar-refractivity contribution in [3.05, 3.63) is 54.6 Å². The number of imidazole rings is 1. The van der Waals surface area contributed by atoms with Crippen LogP contribution in [-0.2, 0) is 18.4 Å². The number of aryl methyl sites for hydroxylation is 1. The average Bonchev–Trinajstić information content (AvgIpc) is 2.73. The molecule has 20 heavy (non-hydrogen) atoms. The minimum atomic E-state index is 0.156. The summed E-state index contributed by atoms with van der Waals surface area (Å²) in [6, 6.07) is 18.4. The molecule has 0 N–H and O–H groups in total. The van der Waals surface area contributed by atoms with Gasteiger partial charge in [-0.1, -0.05) is 30.3 Å². The summed E-state index contributed by atoms with van der Waals surface area (Å²) in [7, 11) is 2.04. The SMILES string of the molecule is CC(=O)Cn1c(-c2ccccc2)[n+](C)c2ccccc21. The van der Waals surface area contributed by atoms with Crippen LogP contribution in [0.2, 0.25) is 0 Å². The smallest absolute Gasteiger partial charge is 0.290 e. The van der Waals surface area contributed by atoms with Crippen LogP contribution in [0.3, 0.4) is 0 Å². The molecule has 0 radical (unpaired) electrons. The first kappa shape index (κ1) is 12.6. The molecule has 100 valence electrons. The fourth-order valence-corrected chi connectivity index (χ4v) is 2.70. The highest BCUT2D eigenvalue weighted by Crippen LogP contribution is 2.22. The van der Waals surface area contributed by atoms with E-state index in [0.717, 1.165) is 22.4 Å². The molecule has 0 saturated carbocycles. The molecule has 0 atom stereocenters. The summed E-state index contributed by atoms with van der Waals surface area (Å²) in [5, 5.41) is 0. The molecule has 0 unspecified atom stereocenters. The number of ketones is 1. The molecule has 2 aromatic carbocycles. The molecule has 0 aliphatic carbocycles. The zero-order chi connectivity index (χ0) is 14.1. The van der Waals surface area contributed by atoms with E-state index < -0.39 is 0 Å². The molecular formula is C17H17N2O+. The van der Waals surface area contributed by atoms with E-state index in [-0.39, 0.29) is 5.78 Å². The van der Waals surface area contributed by atoms with Crippen LogP contribution >= 0.6 is 0 Å². The largest absolute Gasteiger partial charge is 0.296 e. The third-order valence-corrected chi connectivity index (χ3v) is 3.52. The van der Waals surface area contributed by atoms with Crippen molar-refractivity contribution in [2.24, 2.45) is 7.05 Å². The van der Waals surface area contributed by atoms with E-state index in [1.165, 1.54) is 0 Å². The van der Waals surface area contributed by atoms with Gasteiger partial charge in [-0.15, -0.1) is 0 Å². The fraction of sp³-hybridized carbons (Fsp3) is 0.176. The van der Waals surface area contributed by atoms with Crippen LogP contribution in [0.25, 0.3) is 22.4 Å². The minimum absolute atomic E-state index is 0.156. The van der Waals surface area contributed by atoms with Crippen molar-refractivity contribution in [1.29, 1.82) is 0 Å². The van der Waals surface area contributed by atoms with Gasteiger partial charge in [-0.05, 0) is 31.2 Å². The molecule has 0 bridgehead atoms. The highest BCUT2D eigenvalue weighted by molar-refractivity contribution is 5.81. The van der Waals surface area contributed by atoms with Gasteiger partial charge in [0.1, 0.15) is 6.54 Å². The molecule has 0 aliphatic rings. The number of benzene rings is 2. The van der Waals surface area contributed by atoms with E-state index in [1.54, 1.807) is 6.92 Å². The molecule has 3 aromatic rings. The summed E-state index contributed by atoms with van der Waals surface area (Å²) < 4.78 is 4.24. The third-order valence-electron chi connectivity index (χ3n) is 3.52. The Morgan fingerprint density at radius 2 is 1.70 bits per heavy atom. The van der Waals surface area contributed by atoms with Crippen LogP contribution < -0.4 is 4.57 Å². The molecule has 0 spiro atoms. The van der Waals surface area contributed by atoms with Crippen molar-refractivity contribution in [3.63, 3.8) is 0 Å². The van der Waals surface area contributed by atoms with Gasteiger partial charge in [0.15, 0.2) is 16.8 Å². The van der Waals surface area contributed by atoms with Gasteiger partial charge in [0.05, 0.1) is 12.6 Å². The predicted molar refractivity (Wildman–Crippen MR) is 79.2 cm³/mol. The summed E-state index contributed by atoms with van der Waals surface area (Å²) in [5.41, 5.74) is 3.34. The summed E-state index contributed by atoms with van der Waals surface area (Å²) in [5.74, 6) is 1.21. The van der Waals surface area contributed by atoms with Crippen molar-refractivity contribution in [1.82, 2.24) is 4.57 Å². The normalized spacial score (nSPS) is 10.9. The van der Waals surface area contributed by atoms with Gasteiger partial charge >= 0.3 is 0 Å². The first-order valence-corrected chi connectivity index (χ1v) is 6.70. The van der Waals surface area contributed by atoms with Crippen LogP contribution in [0.4, 0.5) is 0 Å². The second-order valence-corrected chi connectivity index (χ2v) is 5.03. The number of hydrogen-bond donors (Lipinski definition) is 0. The number of carbonyl (C=O) groups excluding carboxylic acids is 1. The molecule has 3 nitrogen and oxygen atoms in total.